The minimum absolute atomic E-state index is 0.674. The van der Waals surface area contributed by atoms with Crippen LogP contribution < -0.4 is 0 Å². The summed E-state index contributed by atoms with van der Waals surface area (Å²) in [5.74, 6) is 1.36. The molecule has 1 unspecified atom stereocenters. The molecular formula is C24H42N4. The van der Waals surface area contributed by atoms with Gasteiger partial charge in [-0.1, -0.05) is 56.7 Å². The second-order valence-electron chi connectivity index (χ2n) is 8.30. The highest BCUT2D eigenvalue weighted by Crippen LogP contribution is 2.33. The Bertz CT molecular complexity index is 587. The lowest BCUT2D eigenvalue weighted by Gasteiger charge is -2.26. The molecule has 0 spiro atoms. The van der Waals surface area contributed by atoms with Gasteiger partial charge in [-0.15, -0.1) is 0 Å². The summed E-state index contributed by atoms with van der Waals surface area (Å²) < 4.78 is 0. The third-order valence-electron chi connectivity index (χ3n) is 6.00. The smallest absolute Gasteiger partial charge is 0.0423 e. The van der Waals surface area contributed by atoms with Crippen LogP contribution in [0.5, 0.6) is 0 Å². The number of rotatable bonds is 11. The molecule has 0 amide bonds. The minimum atomic E-state index is 0.674. The first-order valence-electron chi connectivity index (χ1n) is 10.9. The van der Waals surface area contributed by atoms with Crippen molar-refractivity contribution in [3.05, 3.63) is 47.9 Å². The third-order valence-corrected chi connectivity index (χ3v) is 6.00. The number of hydrogen-bond acceptors (Lipinski definition) is 3. The lowest BCUT2D eigenvalue weighted by molar-refractivity contribution is 0.327. The van der Waals surface area contributed by atoms with Crippen molar-refractivity contribution in [1.29, 1.82) is 5.53 Å². The lowest BCUT2D eigenvalue weighted by atomic mass is 9.83. The molecule has 0 radical (unpaired) electrons. The number of nitrogens with one attached hydrogen (secondary N) is 1. The van der Waals surface area contributed by atoms with Crippen LogP contribution in [0.2, 0.25) is 0 Å². The maximum atomic E-state index is 7.43. The highest BCUT2D eigenvalue weighted by Gasteiger charge is 2.25. The predicted octanol–water partition coefficient (Wildman–Crippen LogP) is 7.10. The van der Waals surface area contributed by atoms with Gasteiger partial charge in [-0.25, -0.2) is 0 Å². The minimum Gasteiger partial charge on any atom is -0.371 e. The Kier molecular flexibility index (Phi) is 10.9. The number of likely N-dealkylation sites (tertiary alicyclic amines) is 1. The van der Waals surface area contributed by atoms with Crippen molar-refractivity contribution in [2.24, 2.45) is 17.1 Å². The fraction of sp³-hybridized carbons (Fsp3) is 0.667. The van der Waals surface area contributed by atoms with E-state index in [-0.39, 0.29) is 0 Å². The van der Waals surface area contributed by atoms with Gasteiger partial charge >= 0.3 is 0 Å². The average molecular weight is 387 g/mol. The zero-order valence-electron chi connectivity index (χ0n) is 18.9. The van der Waals surface area contributed by atoms with Crippen molar-refractivity contribution in [2.75, 3.05) is 19.6 Å². The Morgan fingerprint density at radius 3 is 2.43 bits per heavy atom. The van der Waals surface area contributed by atoms with E-state index in [0.717, 1.165) is 50.9 Å². The molecule has 1 aliphatic heterocycles. The van der Waals surface area contributed by atoms with E-state index < -0.39 is 0 Å². The van der Waals surface area contributed by atoms with Gasteiger partial charge < -0.3 is 4.90 Å². The molecule has 1 saturated heterocycles. The van der Waals surface area contributed by atoms with Crippen molar-refractivity contribution < 1.29 is 0 Å². The van der Waals surface area contributed by atoms with E-state index in [9.17, 15) is 0 Å². The molecule has 0 bridgehead atoms. The SMILES string of the molecule is C=C/C(=C(/C)C(=C)C)N1CCC(C/C(=C/N(CCC)N=N)CCC)[C@H](C)CC1. The summed E-state index contributed by atoms with van der Waals surface area (Å²) in [6.45, 7) is 22.1. The monoisotopic (exact) mass is 386 g/mol. The van der Waals surface area contributed by atoms with Gasteiger partial charge in [-0.2, -0.15) is 5.53 Å². The lowest BCUT2D eigenvalue weighted by Crippen LogP contribution is -2.24. The van der Waals surface area contributed by atoms with Gasteiger partial charge in [0.25, 0.3) is 0 Å². The Morgan fingerprint density at radius 1 is 1.21 bits per heavy atom. The highest BCUT2D eigenvalue weighted by atomic mass is 15.5. The van der Waals surface area contributed by atoms with E-state index in [2.05, 4.69) is 64.1 Å². The second kappa shape index (κ2) is 12.6. The average Bonchev–Trinajstić information content (AvgIpc) is 2.84. The predicted molar refractivity (Wildman–Crippen MR) is 121 cm³/mol. The second-order valence-corrected chi connectivity index (χ2v) is 8.30. The summed E-state index contributed by atoms with van der Waals surface area (Å²) in [4.78, 5) is 2.50. The molecule has 28 heavy (non-hydrogen) atoms. The molecule has 2 atom stereocenters. The summed E-state index contributed by atoms with van der Waals surface area (Å²) in [6, 6.07) is 0. The first-order valence-corrected chi connectivity index (χ1v) is 10.9. The zero-order valence-corrected chi connectivity index (χ0v) is 18.9. The first kappa shape index (κ1) is 24.2. The van der Waals surface area contributed by atoms with Crippen molar-refractivity contribution >= 4 is 0 Å². The van der Waals surface area contributed by atoms with E-state index in [1.165, 1.54) is 29.7 Å². The molecule has 158 valence electrons. The Balaban J connectivity index is 2.93. The summed E-state index contributed by atoms with van der Waals surface area (Å²) in [6.07, 6.45) is 10.9. The van der Waals surface area contributed by atoms with E-state index in [1.807, 2.05) is 6.08 Å². The Hall–Kier alpha value is -1.84. The summed E-state index contributed by atoms with van der Waals surface area (Å²) in [7, 11) is 0. The van der Waals surface area contributed by atoms with Crippen molar-refractivity contribution in [3.63, 3.8) is 0 Å². The molecule has 1 N–H and O–H groups in total. The summed E-state index contributed by atoms with van der Waals surface area (Å²) in [5.41, 5.74) is 12.5. The molecule has 4 nitrogen and oxygen atoms in total. The molecule has 1 fully saturated rings. The molecule has 0 saturated carbocycles. The van der Waals surface area contributed by atoms with Gasteiger partial charge in [0.1, 0.15) is 0 Å². The largest absolute Gasteiger partial charge is 0.371 e. The van der Waals surface area contributed by atoms with Crippen LogP contribution in [0.3, 0.4) is 0 Å². The van der Waals surface area contributed by atoms with Crippen LogP contribution in [0.15, 0.2) is 53.1 Å². The van der Waals surface area contributed by atoms with Gasteiger partial charge in [0.05, 0.1) is 0 Å². The molecular weight excluding hydrogens is 344 g/mol. The quantitative estimate of drug-likeness (QED) is 0.234. The topological polar surface area (TPSA) is 42.7 Å². The highest BCUT2D eigenvalue weighted by molar-refractivity contribution is 5.34. The Morgan fingerprint density at radius 2 is 1.89 bits per heavy atom. The van der Waals surface area contributed by atoms with Crippen LogP contribution in [0, 0.1) is 17.4 Å². The molecule has 1 rings (SSSR count). The summed E-state index contributed by atoms with van der Waals surface area (Å²) >= 11 is 0. The van der Waals surface area contributed by atoms with Crippen molar-refractivity contribution in [3.8, 4) is 0 Å². The van der Waals surface area contributed by atoms with Gasteiger partial charge in [-0.05, 0) is 69.4 Å². The van der Waals surface area contributed by atoms with Gasteiger partial charge in [0.15, 0.2) is 0 Å². The maximum Gasteiger partial charge on any atom is 0.0423 e. The Labute approximate surface area is 173 Å². The van der Waals surface area contributed by atoms with Crippen molar-refractivity contribution in [2.45, 2.75) is 73.1 Å². The fourth-order valence-electron chi connectivity index (χ4n) is 4.06. The van der Waals surface area contributed by atoms with Crippen LogP contribution in [0.4, 0.5) is 0 Å². The van der Waals surface area contributed by atoms with E-state index in [1.54, 1.807) is 5.01 Å². The fourth-order valence-corrected chi connectivity index (χ4v) is 4.06. The molecule has 0 aliphatic carbocycles. The molecule has 4 heteroatoms. The van der Waals surface area contributed by atoms with E-state index in [4.69, 9.17) is 5.53 Å². The number of allylic oxidation sites excluding steroid dienone is 4. The normalized spacial score (nSPS) is 21.6. The molecule has 1 aliphatic rings. The molecule has 0 aromatic rings. The van der Waals surface area contributed by atoms with Crippen LogP contribution in [0.1, 0.15) is 73.1 Å². The number of hydrogen-bond donors (Lipinski definition) is 1. The standard InChI is InChI=1S/C24H42N4/c1-8-11-22(18-28(26-25)14-9-2)17-23-13-16-27(15-12-20(23)6)24(10-3)21(7)19(4)5/h10,18,20,23,25H,3-4,8-9,11-17H2,1-2,5-7H3/b22-18+,24-21+,26-25?/t20-,23?/m1/s1. The summed E-state index contributed by atoms with van der Waals surface area (Å²) in [5, 5.41) is 5.49. The van der Waals surface area contributed by atoms with E-state index in [0.29, 0.717) is 11.8 Å². The van der Waals surface area contributed by atoms with Gasteiger partial charge in [0, 0.05) is 31.5 Å². The van der Waals surface area contributed by atoms with Crippen LogP contribution in [-0.2, 0) is 0 Å². The van der Waals surface area contributed by atoms with Crippen molar-refractivity contribution in [1.82, 2.24) is 9.91 Å². The van der Waals surface area contributed by atoms with Crippen LogP contribution >= 0.6 is 0 Å². The molecule has 0 aromatic heterocycles. The van der Waals surface area contributed by atoms with Crippen LogP contribution in [-0.4, -0.2) is 29.5 Å². The van der Waals surface area contributed by atoms with E-state index >= 15 is 0 Å². The van der Waals surface area contributed by atoms with Gasteiger partial charge in [-0.3, -0.25) is 5.01 Å². The first-order chi connectivity index (χ1) is 13.4. The van der Waals surface area contributed by atoms with Gasteiger partial charge in [0.2, 0.25) is 0 Å². The van der Waals surface area contributed by atoms with Crippen LogP contribution in [0.25, 0.3) is 0 Å². The zero-order chi connectivity index (χ0) is 21.1. The third kappa shape index (κ3) is 7.29. The number of nitrogens with zero attached hydrogens (tertiary/aromatic N) is 3. The molecule has 1 heterocycles. The molecule has 0 aromatic carbocycles. The maximum absolute atomic E-state index is 7.43.